The van der Waals surface area contributed by atoms with Crippen LogP contribution in [0.25, 0.3) is 11.4 Å². The number of ether oxygens (including phenoxy) is 1. The smallest absolute Gasteiger partial charge is 0.233 e. The molecule has 0 bridgehead atoms. The molecule has 2 saturated heterocycles. The minimum atomic E-state index is 0.174. The molecule has 2 fully saturated rings. The van der Waals surface area contributed by atoms with Gasteiger partial charge in [-0.1, -0.05) is 36.8 Å². The van der Waals surface area contributed by atoms with Crippen LogP contribution in [0.2, 0.25) is 0 Å². The topological polar surface area (TPSA) is 80.1 Å². The van der Waals surface area contributed by atoms with E-state index < -0.39 is 0 Å². The first-order chi connectivity index (χ1) is 14.4. The number of benzene rings is 1. The lowest BCUT2D eigenvalue weighted by atomic mass is 10.0. The van der Waals surface area contributed by atoms with Crippen LogP contribution in [0, 0.1) is 0 Å². The predicted octanol–water partition coefficient (Wildman–Crippen LogP) is 4.08. The van der Waals surface area contributed by atoms with Crippen LogP contribution < -0.4 is 0 Å². The van der Waals surface area contributed by atoms with E-state index in [1.807, 2.05) is 24.4 Å². The maximum absolute atomic E-state index is 6.16. The standard InChI is InChI=1S/C22H27N5O2/c1-2-6-16(7-3-1)20-23-14-18(24-20)15-27-11-5-4-8-19(27)22-26-25-21(29-22)17-9-12-28-13-10-17/h1-3,6-7,14,17,19H,4-5,8-13,15H2,(H,23,24)/t19-/m1/s1. The second-order valence-electron chi connectivity index (χ2n) is 7.97. The van der Waals surface area contributed by atoms with E-state index in [2.05, 4.69) is 37.2 Å². The molecule has 1 aromatic carbocycles. The second kappa shape index (κ2) is 8.47. The Kier molecular flexibility index (Phi) is 5.41. The Labute approximate surface area is 170 Å². The van der Waals surface area contributed by atoms with E-state index in [1.54, 1.807) is 0 Å². The Bertz CT molecular complexity index is 916. The fraction of sp³-hybridized carbons (Fsp3) is 0.500. The van der Waals surface area contributed by atoms with Crippen LogP contribution in [0.3, 0.4) is 0 Å². The monoisotopic (exact) mass is 393 g/mol. The van der Waals surface area contributed by atoms with Crippen molar-refractivity contribution in [3.8, 4) is 11.4 Å². The van der Waals surface area contributed by atoms with Crippen molar-refractivity contribution in [2.45, 2.75) is 50.6 Å². The molecule has 29 heavy (non-hydrogen) atoms. The average Bonchev–Trinajstić information content (AvgIpc) is 3.46. The van der Waals surface area contributed by atoms with E-state index in [1.165, 1.54) is 12.8 Å². The number of nitrogens with one attached hydrogen (secondary N) is 1. The molecule has 4 heterocycles. The van der Waals surface area contributed by atoms with Gasteiger partial charge in [0.15, 0.2) is 0 Å². The van der Waals surface area contributed by atoms with Crippen molar-refractivity contribution < 1.29 is 9.15 Å². The first kappa shape index (κ1) is 18.5. The van der Waals surface area contributed by atoms with Gasteiger partial charge in [0.25, 0.3) is 0 Å². The van der Waals surface area contributed by atoms with Gasteiger partial charge in [-0.15, -0.1) is 10.2 Å². The average molecular weight is 393 g/mol. The molecule has 152 valence electrons. The Morgan fingerprint density at radius 2 is 1.83 bits per heavy atom. The summed E-state index contributed by atoms with van der Waals surface area (Å²) < 4.78 is 11.6. The molecular formula is C22H27N5O2. The maximum Gasteiger partial charge on any atom is 0.233 e. The molecule has 0 aliphatic carbocycles. The predicted molar refractivity (Wildman–Crippen MR) is 108 cm³/mol. The van der Waals surface area contributed by atoms with E-state index in [0.717, 1.165) is 74.4 Å². The van der Waals surface area contributed by atoms with Gasteiger partial charge in [0.05, 0.1) is 6.04 Å². The summed E-state index contributed by atoms with van der Waals surface area (Å²) in [5, 5.41) is 8.82. The van der Waals surface area contributed by atoms with Gasteiger partial charge in [-0.25, -0.2) is 4.98 Å². The highest BCUT2D eigenvalue weighted by Crippen LogP contribution is 2.33. The largest absolute Gasteiger partial charge is 0.423 e. The summed E-state index contributed by atoms with van der Waals surface area (Å²) in [6.07, 6.45) is 7.30. The zero-order chi connectivity index (χ0) is 19.5. The van der Waals surface area contributed by atoms with Crippen LogP contribution in [0.4, 0.5) is 0 Å². The first-order valence-corrected chi connectivity index (χ1v) is 10.6. The van der Waals surface area contributed by atoms with E-state index in [0.29, 0.717) is 5.92 Å². The van der Waals surface area contributed by atoms with Crippen molar-refractivity contribution in [1.82, 2.24) is 25.1 Å². The minimum Gasteiger partial charge on any atom is -0.423 e. The summed E-state index contributed by atoms with van der Waals surface area (Å²) in [6.45, 7) is 3.39. The fourth-order valence-electron chi connectivity index (χ4n) is 4.35. The molecule has 0 saturated carbocycles. The molecule has 3 aromatic rings. The quantitative estimate of drug-likeness (QED) is 0.703. The molecule has 0 amide bonds. The Morgan fingerprint density at radius 1 is 1.00 bits per heavy atom. The highest BCUT2D eigenvalue weighted by atomic mass is 16.5. The normalized spacial score (nSPS) is 21.4. The van der Waals surface area contributed by atoms with Gasteiger partial charge in [0.2, 0.25) is 11.8 Å². The summed E-state index contributed by atoms with van der Waals surface area (Å²) in [6, 6.07) is 10.4. The molecule has 1 atom stereocenters. The van der Waals surface area contributed by atoms with Crippen LogP contribution in [0.5, 0.6) is 0 Å². The number of imidazole rings is 1. The Hall–Kier alpha value is -2.51. The van der Waals surface area contributed by atoms with Gasteiger partial charge in [0.1, 0.15) is 5.82 Å². The van der Waals surface area contributed by atoms with E-state index in [9.17, 15) is 0 Å². The first-order valence-electron chi connectivity index (χ1n) is 10.6. The molecule has 2 aliphatic rings. The molecule has 2 aliphatic heterocycles. The van der Waals surface area contributed by atoms with Gasteiger partial charge < -0.3 is 14.1 Å². The Morgan fingerprint density at radius 3 is 2.69 bits per heavy atom. The van der Waals surface area contributed by atoms with Crippen LogP contribution in [0.15, 0.2) is 40.9 Å². The van der Waals surface area contributed by atoms with E-state index in [-0.39, 0.29) is 6.04 Å². The highest BCUT2D eigenvalue weighted by Gasteiger charge is 2.30. The summed E-state index contributed by atoms with van der Waals surface area (Å²) >= 11 is 0. The van der Waals surface area contributed by atoms with Crippen molar-refractivity contribution in [3.63, 3.8) is 0 Å². The molecule has 0 radical (unpaired) electrons. The van der Waals surface area contributed by atoms with Gasteiger partial charge >= 0.3 is 0 Å². The lowest BCUT2D eigenvalue weighted by molar-refractivity contribution is 0.0767. The van der Waals surface area contributed by atoms with Crippen LogP contribution in [0.1, 0.15) is 61.5 Å². The molecule has 2 aromatic heterocycles. The molecule has 7 heteroatoms. The van der Waals surface area contributed by atoms with Gasteiger partial charge in [-0.05, 0) is 32.2 Å². The van der Waals surface area contributed by atoms with Crippen LogP contribution in [-0.2, 0) is 11.3 Å². The van der Waals surface area contributed by atoms with Crippen molar-refractivity contribution in [1.29, 1.82) is 0 Å². The molecule has 1 N–H and O–H groups in total. The third-order valence-corrected chi connectivity index (χ3v) is 5.97. The van der Waals surface area contributed by atoms with Gasteiger partial charge in [-0.3, -0.25) is 4.90 Å². The molecule has 0 spiro atoms. The number of H-pyrrole nitrogens is 1. The maximum atomic E-state index is 6.16. The van der Waals surface area contributed by atoms with E-state index >= 15 is 0 Å². The van der Waals surface area contributed by atoms with Gasteiger partial charge in [-0.2, -0.15) is 0 Å². The number of aromatic amines is 1. The van der Waals surface area contributed by atoms with Crippen LogP contribution in [-0.4, -0.2) is 44.8 Å². The SMILES string of the molecule is c1ccc(-c2ncc(CN3CCCC[C@@H]3c3nnc(C4CCOCC4)o3)[nH]2)cc1. The van der Waals surface area contributed by atoms with Gasteiger partial charge in [0, 0.05) is 43.1 Å². The van der Waals surface area contributed by atoms with Crippen molar-refractivity contribution >= 4 is 0 Å². The summed E-state index contributed by atoms with van der Waals surface area (Å²) in [4.78, 5) is 10.5. The minimum absolute atomic E-state index is 0.174. The van der Waals surface area contributed by atoms with Crippen molar-refractivity contribution in [3.05, 3.63) is 54.0 Å². The summed E-state index contributed by atoms with van der Waals surface area (Å²) in [5.74, 6) is 2.78. The molecule has 0 unspecified atom stereocenters. The highest BCUT2D eigenvalue weighted by molar-refractivity contribution is 5.54. The molecular weight excluding hydrogens is 366 g/mol. The number of aromatic nitrogens is 4. The zero-order valence-corrected chi connectivity index (χ0v) is 16.6. The summed E-state index contributed by atoms with van der Waals surface area (Å²) in [7, 11) is 0. The van der Waals surface area contributed by atoms with E-state index in [4.69, 9.17) is 9.15 Å². The number of rotatable bonds is 5. The number of piperidine rings is 1. The van der Waals surface area contributed by atoms with Crippen molar-refractivity contribution in [2.24, 2.45) is 0 Å². The van der Waals surface area contributed by atoms with Crippen LogP contribution >= 0.6 is 0 Å². The zero-order valence-electron chi connectivity index (χ0n) is 16.6. The number of likely N-dealkylation sites (tertiary alicyclic amines) is 1. The number of hydrogen-bond acceptors (Lipinski definition) is 6. The third-order valence-electron chi connectivity index (χ3n) is 5.97. The lowest BCUT2D eigenvalue weighted by Gasteiger charge is -2.33. The third kappa shape index (κ3) is 4.11. The lowest BCUT2D eigenvalue weighted by Crippen LogP contribution is -2.33. The molecule has 7 nitrogen and oxygen atoms in total. The fourth-order valence-corrected chi connectivity index (χ4v) is 4.35. The molecule has 5 rings (SSSR count). The second-order valence-corrected chi connectivity index (χ2v) is 7.97. The number of nitrogens with zero attached hydrogens (tertiary/aromatic N) is 4. The summed E-state index contributed by atoms with van der Waals surface area (Å²) in [5.41, 5.74) is 2.21. The Balaban J connectivity index is 1.30. The number of hydrogen-bond donors (Lipinski definition) is 1. The van der Waals surface area contributed by atoms with Crippen molar-refractivity contribution in [2.75, 3.05) is 19.8 Å².